The monoisotopic (exact) mass is 463 g/mol. The van der Waals surface area contributed by atoms with Gasteiger partial charge in [0.25, 0.3) is 5.56 Å². The number of anilines is 2. The SMILES string of the molecule is N/C(=N\O)c1ccc(CNC(=O)Cn2c(-c3cc(N)cc(O)c3)cnc(NC3CC3)c2=O)cc1. The number of nitrogens with two attached hydrogens (primary N) is 2. The molecule has 0 spiro atoms. The van der Waals surface area contributed by atoms with Gasteiger partial charge in [0.2, 0.25) is 5.91 Å². The molecule has 0 unspecified atom stereocenters. The van der Waals surface area contributed by atoms with Crippen LogP contribution in [0, 0.1) is 0 Å². The predicted molar refractivity (Wildman–Crippen MR) is 127 cm³/mol. The van der Waals surface area contributed by atoms with Gasteiger partial charge in [0.15, 0.2) is 11.7 Å². The van der Waals surface area contributed by atoms with E-state index in [4.69, 9.17) is 16.7 Å². The number of carbonyl (C=O) groups excluding carboxylic acids is 1. The van der Waals surface area contributed by atoms with Crippen LogP contribution in [0.15, 0.2) is 58.6 Å². The molecule has 8 N–H and O–H groups in total. The zero-order valence-electron chi connectivity index (χ0n) is 18.2. The molecular formula is C23H25N7O4. The Balaban J connectivity index is 1.56. The lowest BCUT2D eigenvalue weighted by atomic mass is 10.1. The van der Waals surface area contributed by atoms with Crippen LogP contribution in [0.3, 0.4) is 0 Å². The van der Waals surface area contributed by atoms with Crippen molar-refractivity contribution in [1.82, 2.24) is 14.9 Å². The number of phenolic OH excluding ortho intramolecular Hbond substituents is 1. The normalized spacial score (nSPS) is 13.5. The molecule has 11 heteroatoms. The van der Waals surface area contributed by atoms with E-state index in [0.29, 0.717) is 22.5 Å². The molecule has 1 heterocycles. The Hall–Kier alpha value is -4.54. The van der Waals surface area contributed by atoms with E-state index in [1.165, 1.54) is 22.9 Å². The lowest BCUT2D eigenvalue weighted by molar-refractivity contribution is -0.121. The number of nitrogens with one attached hydrogen (secondary N) is 2. The fraction of sp³-hybridized carbons (Fsp3) is 0.217. The highest BCUT2D eigenvalue weighted by Crippen LogP contribution is 2.27. The fourth-order valence-corrected chi connectivity index (χ4v) is 3.43. The van der Waals surface area contributed by atoms with Crippen molar-refractivity contribution in [3.05, 3.63) is 70.1 Å². The third-order valence-electron chi connectivity index (χ3n) is 5.36. The quantitative estimate of drug-likeness (QED) is 0.0946. The summed E-state index contributed by atoms with van der Waals surface area (Å²) in [7, 11) is 0. The summed E-state index contributed by atoms with van der Waals surface area (Å²) >= 11 is 0. The molecule has 1 saturated carbocycles. The lowest BCUT2D eigenvalue weighted by Crippen LogP contribution is -2.34. The van der Waals surface area contributed by atoms with Crippen molar-refractivity contribution in [3.63, 3.8) is 0 Å². The van der Waals surface area contributed by atoms with Crippen LogP contribution in [0.1, 0.15) is 24.0 Å². The van der Waals surface area contributed by atoms with E-state index in [9.17, 15) is 14.7 Å². The highest BCUT2D eigenvalue weighted by atomic mass is 16.4. The Morgan fingerprint density at radius 1 is 1.21 bits per heavy atom. The van der Waals surface area contributed by atoms with E-state index in [2.05, 4.69) is 20.8 Å². The number of aromatic hydroxyl groups is 1. The third kappa shape index (κ3) is 5.26. The molecule has 1 aliphatic carbocycles. The molecule has 0 aliphatic heterocycles. The smallest absolute Gasteiger partial charge is 0.294 e. The highest BCUT2D eigenvalue weighted by molar-refractivity contribution is 5.97. The van der Waals surface area contributed by atoms with Crippen molar-refractivity contribution in [1.29, 1.82) is 0 Å². The van der Waals surface area contributed by atoms with Gasteiger partial charge in [-0.1, -0.05) is 29.4 Å². The number of rotatable bonds is 8. The summed E-state index contributed by atoms with van der Waals surface area (Å²) in [6, 6.07) is 11.5. The van der Waals surface area contributed by atoms with Crippen molar-refractivity contribution in [2.75, 3.05) is 11.1 Å². The number of benzene rings is 2. The topological polar surface area (TPSA) is 181 Å². The predicted octanol–water partition coefficient (Wildman–Crippen LogP) is 1.18. The summed E-state index contributed by atoms with van der Waals surface area (Å²) in [6.45, 7) is -0.0372. The van der Waals surface area contributed by atoms with Gasteiger partial charge in [-0.25, -0.2) is 4.98 Å². The molecule has 34 heavy (non-hydrogen) atoms. The maximum atomic E-state index is 13.2. The van der Waals surface area contributed by atoms with E-state index in [-0.39, 0.29) is 42.4 Å². The molecule has 176 valence electrons. The minimum atomic E-state index is -0.440. The molecule has 1 fully saturated rings. The Kier molecular flexibility index (Phi) is 6.35. The van der Waals surface area contributed by atoms with Gasteiger partial charge in [-0.2, -0.15) is 0 Å². The van der Waals surface area contributed by atoms with Crippen molar-refractivity contribution in [3.8, 4) is 17.0 Å². The molecule has 4 rings (SSSR count). The zero-order valence-corrected chi connectivity index (χ0v) is 18.2. The maximum absolute atomic E-state index is 13.2. The van der Waals surface area contributed by atoms with Gasteiger partial charge < -0.3 is 32.4 Å². The van der Waals surface area contributed by atoms with E-state index >= 15 is 0 Å². The summed E-state index contributed by atoms with van der Waals surface area (Å²) in [5, 5.41) is 27.5. The van der Waals surface area contributed by atoms with Crippen LogP contribution in [0.4, 0.5) is 11.5 Å². The summed E-state index contributed by atoms with van der Waals surface area (Å²) in [6.07, 6.45) is 3.40. The van der Waals surface area contributed by atoms with Crippen molar-refractivity contribution >= 4 is 23.2 Å². The second-order valence-corrected chi connectivity index (χ2v) is 8.07. The fourth-order valence-electron chi connectivity index (χ4n) is 3.43. The first kappa shape index (κ1) is 22.6. The molecule has 2 aromatic carbocycles. The van der Waals surface area contributed by atoms with Gasteiger partial charge in [0.1, 0.15) is 12.3 Å². The van der Waals surface area contributed by atoms with Gasteiger partial charge in [-0.15, -0.1) is 0 Å². The van der Waals surface area contributed by atoms with Gasteiger partial charge in [0, 0.05) is 35.5 Å². The average molecular weight is 463 g/mol. The largest absolute Gasteiger partial charge is 0.508 e. The Morgan fingerprint density at radius 3 is 2.59 bits per heavy atom. The first-order valence-corrected chi connectivity index (χ1v) is 10.6. The Morgan fingerprint density at radius 2 is 1.94 bits per heavy atom. The Labute approximate surface area is 194 Å². The second kappa shape index (κ2) is 9.53. The van der Waals surface area contributed by atoms with Gasteiger partial charge in [-0.3, -0.25) is 14.2 Å². The van der Waals surface area contributed by atoms with Crippen LogP contribution >= 0.6 is 0 Å². The Bertz CT molecular complexity index is 1280. The number of nitrogen functional groups attached to an aromatic ring is 1. The van der Waals surface area contributed by atoms with Crippen molar-refractivity contribution in [2.24, 2.45) is 10.9 Å². The number of amidine groups is 1. The number of amides is 1. The van der Waals surface area contributed by atoms with Crippen LogP contribution in [0.2, 0.25) is 0 Å². The van der Waals surface area contributed by atoms with Gasteiger partial charge >= 0.3 is 0 Å². The van der Waals surface area contributed by atoms with Gasteiger partial charge in [0.05, 0.1) is 11.9 Å². The number of aromatic nitrogens is 2. The molecule has 3 aromatic rings. The van der Waals surface area contributed by atoms with E-state index in [1.807, 2.05) is 0 Å². The number of oxime groups is 1. The number of nitrogens with zero attached hydrogens (tertiary/aromatic N) is 3. The first-order valence-electron chi connectivity index (χ1n) is 10.6. The maximum Gasteiger partial charge on any atom is 0.294 e. The lowest BCUT2D eigenvalue weighted by Gasteiger charge is -2.15. The third-order valence-corrected chi connectivity index (χ3v) is 5.36. The van der Waals surface area contributed by atoms with E-state index < -0.39 is 5.56 Å². The molecule has 1 aliphatic rings. The van der Waals surface area contributed by atoms with Crippen LogP contribution in [0.25, 0.3) is 11.3 Å². The average Bonchev–Trinajstić information content (AvgIpc) is 3.63. The highest BCUT2D eigenvalue weighted by Gasteiger charge is 2.24. The first-order chi connectivity index (χ1) is 16.3. The summed E-state index contributed by atoms with van der Waals surface area (Å²) < 4.78 is 1.31. The van der Waals surface area contributed by atoms with Crippen LogP contribution in [-0.4, -0.2) is 37.6 Å². The number of hydrogen-bond donors (Lipinski definition) is 6. The summed E-state index contributed by atoms with van der Waals surface area (Å²) in [4.78, 5) is 30.2. The van der Waals surface area contributed by atoms with Crippen LogP contribution < -0.4 is 27.7 Å². The van der Waals surface area contributed by atoms with E-state index in [0.717, 1.165) is 18.4 Å². The second-order valence-electron chi connectivity index (χ2n) is 8.07. The molecule has 0 saturated heterocycles. The molecule has 0 atom stereocenters. The minimum absolute atomic E-state index is 0.0108. The molecule has 0 bridgehead atoms. The molecule has 1 aromatic heterocycles. The summed E-state index contributed by atoms with van der Waals surface area (Å²) in [5.41, 5.74) is 13.4. The summed E-state index contributed by atoms with van der Waals surface area (Å²) in [5.74, 6) is -0.288. The number of phenols is 1. The van der Waals surface area contributed by atoms with Crippen LogP contribution in [-0.2, 0) is 17.9 Å². The number of carbonyl (C=O) groups is 1. The number of hydrogen-bond acceptors (Lipinski definition) is 8. The zero-order chi connectivity index (χ0) is 24.2. The molecule has 0 radical (unpaired) electrons. The molecule has 11 nitrogen and oxygen atoms in total. The standard InChI is InChI=1S/C23H25N7O4/c24-16-7-15(8-18(31)9-16)19-11-27-22(28-17-5-6-17)23(33)30(19)12-20(32)26-10-13-1-3-14(4-2-13)21(25)29-34/h1-4,7-9,11,17,31,34H,5-6,10,12,24H2,(H2,25,29)(H,26,32)(H,27,28). The van der Waals surface area contributed by atoms with Crippen LogP contribution in [0.5, 0.6) is 5.75 Å². The molecule has 1 amide bonds. The molecular weight excluding hydrogens is 438 g/mol. The minimum Gasteiger partial charge on any atom is -0.508 e. The van der Waals surface area contributed by atoms with E-state index in [1.54, 1.807) is 30.3 Å². The van der Waals surface area contributed by atoms with Crippen molar-refractivity contribution < 1.29 is 15.1 Å². The van der Waals surface area contributed by atoms with Crippen molar-refractivity contribution in [2.45, 2.75) is 32.0 Å². The van der Waals surface area contributed by atoms with Gasteiger partial charge in [-0.05, 0) is 30.5 Å².